The van der Waals surface area contributed by atoms with E-state index in [9.17, 15) is 4.39 Å². The van der Waals surface area contributed by atoms with Crippen LogP contribution in [0, 0.1) is 5.82 Å². The van der Waals surface area contributed by atoms with E-state index in [2.05, 4.69) is 30.6 Å². The molecule has 0 amide bonds. The smallest absolute Gasteiger partial charge is 0.131 e. The van der Waals surface area contributed by atoms with Crippen LogP contribution < -0.4 is 5.32 Å². The van der Waals surface area contributed by atoms with Crippen LogP contribution in [0.2, 0.25) is 0 Å². The van der Waals surface area contributed by atoms with Crippen molar-refractivity contribution in [3.05, 3.63) is 47.1 Å². The Morgan fingerprint density at radius 3 is 2.76 bits per heavy atom. The molecule has 3 heteroatoms. The summed E-state index contributed by atoms with van der Waals surface area (Å²) >= 11 is 1.59. The van der Waals surface area contributed by atoms with Gasteiger partial charge < -0.3 is 5.32 Å². The van der Waals surface area contributed by atoms with Gasteiger partial charge in [-0.05, 0) is 23.1 Å². The molecular weight excluding hydrogens is 233 g/mol. The van der Waals surface area contributed by atoms with E-state index in [4.69, 9.17) is 0 Å². The molecule has 0 atom stereocenters. The van der Waals surface area contributed by atoms with Crippen LogP contribution in [0.1, 0.15) is 19.4 Å². The molecular formula is C14H16FNS. The van der Waals surface area contributed by atoms with Crippen LogP contribution in [0.25, 0.3) is 10.4 Å². The summed E-state index contributed by atoms with van der Waals surface area (Å²) in [7, 11) is 0. The first-order valence-corrected chi connectivity index (χ1v) is 6.60. The minimum absolute atomic E-state index is 0.155. The fourth-order valence-electron chi connectivity index (χ4n) is 1.59. The van der Waals surface area contributed by atoms with Gasteiger partial charge in [0, 0.05) is 23.0 Å². The van der Waals surface area contributed by atoms with Crippen molar-refractivity contribution in [2.24, 2.45) is 0 Å². The van der Waals surface area contributed by atoms with E-state index in [0.29, 0.717) is 11.6 Å². The molecule has 1 nitrogen and oxygen atoms in total. The molecule has 0 saturated carbocycles. The Kier molecular flexibility index (Phi) is 3.92. The van der Waals surface area contributed by atoms with Crippen LogP contribution in [0.5, 0.6) is 0 Å². The van der Waals surface area contributed by atoms with Crippen molar-refractivity contribution in [3.63, 3.8) is 0 Å². The van der Waals surface area contributed by atoms with Crippen molar-refractivity contribution in [1.29, 1.82) is 0 Å². The molecule has 0 unspecified atom stereocenters. The molecule has 17 heavy (non-hydrogen) atoms. The first kappa shape index (κ1) is 12.3. The standard InChI is InChI=1S/C14H16FNS/c1-10(2)16-8-11-7-14(17-9-11)12-5-3-4-6-13(12)15/h3-7,9-10,16H,8H2,1-2H3. The summed E-state index contributed by atoms with van der Waals surface area (Å²) in [6.07, 6.45) is 0. The van der Waals surface area contributed by atoms with Gasteiger partial charge in [-0.25, -0.2) is 4.39 Å². The van der Waals surface area contributed by atoms with E-state index in [-0.39, 0.29) is 5.82 Å². The topological polar surface area (TPSA) is 12.0 Å². The maximum absolute atomic E-state index is 13.6. The SMILES string of the molecule is CC(C)NCc1csc(-c2ccccc2F)c1. The monoisotopic (exact) mass is 249 g/mol. The third kappa shape index (κ3) is 3.14. The molecule has 0 bridgehead atoms. The number of benzene rings is 1. The minimum Gasteiger partial charge on any atom is -0.310 e. The minimum atomic E-state index is -0.155. The summed E-state index contributed by atoms with van der Waals surface area (Å²) in [6, 6.07) is 9.42. The first-order chi connectivity index (χ1) is 8.16. The normalized spacial score (nSPS) is 11.1. The molecule has 0 radical (unpaired) electrons. The Labute approximate surface area is 105 Å². The van der Waals surface area contributed by atoms with Gasteiger partial charge >= 0.3 is 0 Å². The highest BCUT2D eigenvalue weighted by molar-refractivity contribution is 7.13. The summed E-state index contributed by atoms with van der Waals surface area (Å²) in [5.41, 5.74) is 1.90. The molecule has 90 valence electrons. The van der Waals surface area contributed by atoms with E-state index >= 15 is 0 Å². The predicted octanol–water partition coefficient (Wildman–Crippen LogP) is 4.05. The molecule has 1 N–H and O–H groups in total. The second-order valence-electron chi connectivity index (χ2n) is 4.33. The molecule has 1 heterocycles. The Morgan fingerprint density at radius 2 is 2.06 bits per heavy atom. The van der Waals surface area contributed by atoms with Gasteiger partial charge in [0.2, 0.25) is 0 Å². The van der Waals surface area contributed by atoms with Crippen molar-refractivity contribution >= 4 is 11.3 Å². The Hall–Kier alpha value is -1.19. The highest BCUT2D eigenvalue weighted by atomic mass is 32.1. The van der Waals surface area contributed by atoms with Gasteiger partial charge in [0.25, 0.3) is 0 Å². The first-order valence-electron chi connectivity index (χ1n) is 5.72. The van der Waals surface area contributed by atoms with E-state index in [1.165, 1.54) is 11.6 Å². The van der Waals surface area contributed by atoms with Crippen LogP contribution in [-0.4, -0.2) is 6.04 Å². The van der Waals surface area contributed by atoms with Gasteiger partial charge in [-0.1, -0.05) is 32.0 Å². The summed E-state index contributed by atoms with van der Waals surface area (Å²) in [4.78, 5) is 0.989. The molecule has 0 saturated heterocycles. The van der Waals surface area contributed by atoms with Gasteiger partial charge in [0.05, 0.1) is 0 Å². The number of halogens is 1. The average molecular weight is 249 g/mol. The average Bonchev–Trinajstić information content (AvgIpc) is 2.75. The molecule has 1 aromatic carbocycles. The van der Waals surface area contributed by atoms with E-state index in [1.807, 2.05) is 12.1 Å². The lowest BCUT2D eigenvalue weighted by atomic mass is 10.1. The van der Waals surface area contributed by atoms with Gasteiger partial charge in [0.1, 0.15) is 5.82 Å². The zero-order valence-corrected chi connectivity index (χ0v) is 10.9. The van der Waals surface area contributed by atoms with E-state index < -0.39 is 0 Å². The zero-order chi connectivity index (χ0) is 12.3. The number of nitrogens with one attached hydrogen (secondary N) is 1. The fraction of sp³-hybridized carbons (Fsp3) is 0.286. The quantitative estimate of drug-likeness (QED) is 0.862. The summed E-state index contributed by atoms with van der Waals surface area (Å²) in [5, 5.41) is 5.43. The molecule has 0 aliphatic heterocycles. The van der Waals surface area contributed by atoms with Crippen LogP contribution in [0.4, 0.5) is 4.39 Å². The molecule has 1 aromatic heterocycles. The maximum atomic E-state index is 13.6. The van der Waals surface area contributed by atoms with Crippen molar-refractivity contribution in [3.8, 4) is 10.4 Å². The van der Waals surface area contributed by atoms with E-state index in [1.54, 1.807) is 17.4 Å². The van der Waals surface area contributed by atoms with Gasteiger partial charge in [-0.2, -0.15) is 0 Å². The van der Waals surface area contributed by atoms with Crippen molar-refractivity contribution in [2.45, 2.75) is 26.4 Å². The molecule has 0 aliphatic rings. The maximum Gasteiger partial charge on any atom is 0.131 e. The third-order valence-corrected chi connectivity index (χ3v) is 3.52. The number of hydrogen-bond donors (Lipinski definition) is 1. The summed E-state index contributed by atoms with van der Waals surface area (Å²) < 4.78 is 13.6. The van der Waals surface area contributed by atoms with Crippen molar-refractivity contribution in [2.75, 3.05) is 0 Å². The third-order valence-electron chi connectivity index (χ3n) is 2.51. The Bertz CT molecular complexity index is 490. The number of thiophene rings is 1. The molecule has 0 fully saturated rings. The lowest BCUT2D eigenvalue weighted by Gasteiger charge is -2.05. The zero-order valence-electron chi connectivity index (χ0n) is 10.0. The van der Waals surface area contributed by atoms with Gasteiger partial charge in [-0.15, -0.1) is 11.3 Å². The second kappa shape index (κ2) is 5.43. The predicted molar refractivity (Wildman–Crippen MR) is 71.7 cm³/mol. The second-order valence-corrected chi connectivity index (χ2v) is 5.25. The van der Waals surface area contributed by atoms with Gasteiger partial charge in [0.15, 0.2) is 0 Å². The van der Waals surface area contributed by atoms with Crippen LogP contribution in [-0.2, 0) is 6.54 Å². The molecule has 2 aromatic rings. The van der Waals surface area contributed by atoms with E-state index in [0.717, 1.165) is 11.4 Å². The lowest BCUT2D eigenvalue weighted by Crippen LogP contribution is -2.21. The van der Waals surface area contributed by atoms with Crippen molar-refractivity contribution < 1.29 is 4.39 Å². The summed E-state index contributed by atoms with van der Waals surface area (Å²) in [5.74, 6) is -0.155. The number of rotatable bonds is 4. The Morgan fingerprint density at radius 1 is 1.29 bits per heavy atom. The number of hydrogen-bond acceptors (Lipinski definition) is 2. The Balaban J connectivity index is 2.16. The fourth-order valence-corrected chi connectivity index (χ4v) is 2.53. The largest absolute Gasteiger partial charge is 0.310 e. The molecule has 0 spiro atoms. The highest BCUT2D eigenvalue weighted by Crippen LogP contribution is 2.29. The van der Waals surface area contributed by atoms with Crippen LogP contribution >= 0.6 is 11.3 Å². The van der Waals surface area contributed by atoms with Crippen LogP contribution in [0.15, 0.2) is 35.7 Å². The lowest BCUT2D eigenvalue weighted by molar-refractivity contribution is 0.589. The van der Waals surface area contributed by atoms with Crippen molar-refractivity contribution in [1.82, 2.24) is 5.32 Å². The summed E-state index contributed by atoms with van der Waals surface area (Å²) in [6.45, 7) is 5.07. The molecule has 2 rings (SSSR count). The highest BCUT2D eigenvalue weighted by Gasteiger charge is 2.07. The van der Waals surface area contributed by atoms with Gasteiger partial charge in [-0.3, -0.25) is 0 Å². The molecule has 0 aliphatic carbocycles. The van der Waals surface area contributed by atoms with Crippen LogP contribution in [0.3, 0.4) is 0 Å².